The van der Waals surface area contributed by atoms with Crippen molar-refractivity contribution in [2.45, 2.75) is 26.7 Å². The first-order valence-corrected chi connectivity index (χ1v) is 4.97. The summed E-state index contributed by atoms with van der Waals surface area (Å²) < 4.78 is 1.77. The molecule has 1 N–H and O–H groups in total. The number of carboxylic acid groups (broad SMARTS) is 1. The van der Waals surface area contributed by atoms with Crippen LogP contribution >= 0.6 is 0 Å². The highest BCUT2D eigenvalue weighted by atomic mass is 16.4. The van der Waals surface area contributed by atoms with Crippen LogP contribution < -0.4 is 0 Å². The molecule has 0 saturated heterocycles. The van der Waals surface area contributed by atoms with E-state index < -0.39 is 5.97 Å². The molecule has 0 amide bonds. The van der Waals surface area contributed by atoms with Crippen molar-refractivity contribution >= 4 is 11.7 Å². The molecule has 2 rings (SSSR count). The molecule has 84 valence electrons. The molecule has 6 heteroatoms. The smallest absolute Gasteiger partial charge is 0.303 e. The number of aliphatic carboxylic acids is 1. The van der Waals surface area contributed by atoms with E-state index in [0.29, 0.717) is 12.2 Å². The summed E-state index contributed by atoms with van der Waals surface area (Å²) in [7, 11) is 0. The second-order valence-corrected chi connectivity index (χ2v) is 3.66. The normalized spacial score (nSPS) is 10.9. The number of fused-ring (bicyclic) bond motifs is 1. The first-order chi connectivity index (χ1) is 7.59. The number of hydrogen-bond acceptors (Lipinski definition) is 4. The third kappa shape index (κ3) is 1.73. The summed E-state index contributed by atoms with van der Waals surface area (Å²) in [5, 5.41) is 16.3. The highest BCUT2D eigenvalue weighted by Crippen LogP contribution is 2.15. The van der Waals surface area contributed by atoms with Crippen LogP contribution in [0.5, 0.6) is 0 Å². The highest BCUT2D eigenvalue weighted by Gasteiger charge is 2.11. The first kappa shape index (κ1) is 10.5. The van der Waals surface area contributed by atoms with E-state index in [4.69, 9.17) is 5.11 Å². The van der Waals surface area contributed by atoms with Crippen molar-refractivity contribution in [2.75, 3.05) is 0 Å². The molecule has 0 aliphatic rings. The second-order valence-electron chi connectivity index (χ2n) is 3.66. The molecule has 0 saturated carbocycles. The fraction of sp³-hybridized carbons (Fsp3) is 0.400. The highest BCUT2D eigenvalue weighted by molar-refractivity contribution is 5.67. The zero-order valence-electron chi connectivity index (χ0n) is 9.14. The van der Waals surface area contributed by atoms with Gasteiger partial charge in [0.15, 0.2) is 0 Å². The minimum Gasteiger partial charge on any atom is -0.481 e. The Morgan fingerprint density at radius 1 is 1.50 bits per heavy atom. The maximum Gasteiger partial charge on any atom is 0.303 e. The van der Waals surface area contributed by atoms with Gasteiger partial charge in [0.2, 0.25) is 0 Å². The molecular formula is C10H12N4O2. The Kier molecular flexibility index (Phi) is 2.55. The van der Waals surface area contributed by atoms with Gasteiger partial charge in [0.1, 0.15) is 6.33 Å². The summed E-state index contributed by atoms with van der Waals surface area (Å²) in [6.07, 6.45) is 2.17. The van der Waals surface area contributed by atoms with Crippen molar-refractivity contribution < 1.29 is 9.90 Å². The molecule has 16 heavy (non-hydrogen) atoms. The number of aryl methyl sites for hydroxylation is 2. The largest absolute Gasteiger partial charge is 0.481 e. The molecule has 2 heterocycles. The van der Waals surface area contributed by atoms with Gasteiger partial charge in [-0.25, -0.2) is 4.98 Å². The summed E-state index contributed by atoms with van der Waals surface area (Å²) in [4.78, 5) is 14.8. The molecule has 0 spiro atoms. The Hall–Kier alpha value is -1.98. The Morgan fingerprint density at radius 3 is 2.94 bits per heavy atom. The molecule has 0 aromatic carbocycles. The van der Waals surface area contributed by atoms with E-state index in [0.717, 1.165) is 17.0 Å². The molecular weight excluding hydrogens is 208 g/mol. The molecule has 0 atom stereocenters. The van der Waals surface area contributed by atoms with Crippen LogP contribution in [0.4, 0.5) is 0 Å². The van der Waals surface area contributed by atoms with Gasteiger partial charge in [-0.1, -0.05) is 0 Å². The lowest BCUT2D eigenvalue weighted by molar-refractivity contribution is -0.136. The Balaban J connectivity index is 2.46. The summed E-state index contributed by atoms with van der Waals surface area (Å²) in [6.45, 7) is 3.78. The van der Waals surface area contributed by atoms with Gasteiger partial charge in [0.25, 0.3) is 5.78 Å². The van der Waals surface area contributed by atoms with E-state index in [1.165, 1.54) is 0 Å². The lowest BCUT2D eigenvalue weighted by Gasteiger charge is -2.09. The van der Waals surface area contributed by atoms with Gasteiger partial charge in [0.05, 0.1) is 0 Å². The van der Waals surface area contributed by atoms with Gasteiger partial charge in [-0.3, -0.25) is 9.20 Å². The Labute approximate surface area is 92.0 Å². The van der Waals surface area contributed by atoms with E-state index >= 15 is 0 Å². The molecule has 2 aromatic rings. The summed E-state index contributed by atoms with van der Waals surface area (Å²) in [5.74, 6) is -0.253. The molecule has 0 aliphatic heterocycles. The van der Waals surface area contributed by atoms with Crippen molar-refractivity contribution in [3.63, 3.8) is 0 Å². The van der Waals surface area contributed by atoms with Crippen LogP contribution in [0.15, 0.2) is 6.33 Å². The number of nitrogens with zero attached hydrogens (tertiary/aromatic N) is 4. The third-order valence-electron chi connectivity index (χ3n) is 2.62. The Bertz CT molecular complexity index is 547. The monoisotopic (exact) mass is 220 g/mol. The van der Waals surface area contributed by atoms with E-state index in [1.807, 2.05) is 13.8 Å². The van der Waals surface area contributed by atoms with E-state index in [2.05, 4.69) is 15.2 Å². The van der Waals surface area contributed by atoms with Gasteiger partial charge in [0, 0.05) is 17.8 Å². The maximum absolute atomic E-state index is 10.6. The summed E-state index contributed by atoms with van der Waals surface area (Å²) >= 11 is 0. The molecule has 0 radical (unpaired) electrons. The zero-order chi connectivity index (χ0) is 11.7. The fourth-order valence-electron chi connectivity index (χ4n) is 1.76. The first-order valence-electron chi connectivity index (χ1n) is 4.97. The molecule has 0 fully saturated rings. The SMILES string of the molecule is Cc1nc2nncn2c(C)c1CCC(=O)O. The number of carbonyl (C=O) groups is 1. The molecule has 6 nitrogen and oxygen atoms in total. The Morgan fingerprint density at radius 2 is 2.25 bits per heavy atom. The summed E-state index contributed by atoms with van der Waals surface area (Å²) in [5.41, 5.74) is 2.72. The lowest BCUT2D eigenvalue weighted by atomic mass is 10.1. The topological polar surface area (TPSA) is 80.4 Å². The van der Waals surface area contributed by atoms with Gasteiger partial charge < -0.3 is 5.11 Å². The second kappa shape index (κ2) is 3.88. The zero-order valence-corrected chi connectivity index (χ0v) is 9.14. The van der Waals surface area contributed by atoms with Gasteiger partial charge in [-0.2, -0.15) is 0 Å². The lowest BCUT2D eigenvalue weighted by Crippen LogP contribution is -2.06. The predicted octanol–water partition coefficient (Wildman–Crippen LogP) is 0.758. The standard InChI is InChI=1S/C10H12N4O2/c1-6-8(3-4-9(15)16)7(2)14-5-11-13-10(14)12-6/h5H,3-4H2,1-2H3,(H,15,16). The summed E-state index contributed by atoms with van der Waals surface area (Å²) in [6, 6.07) is 0. The van der Waals surface area contributed by atoms with Gasteiger partial charge in [-0.15, -0.1) is 10.2 Å². The van der Waals surface area contributed by atoms with Crippen LogP contribution in [-0.4, -0.2) is 30.7 Å². The van der Waals surface area contributed by atoms with Crippen LogP contribution in [0.1, 0.15) is 23.4 Å². The van der Waals surface area contributed by atoms with Gasteiger partial charge >= 0.3 is 5.97 Å². The van der Waals surface area contributed by atoms with Crippen LogP contribution in [0.2, 0.25) is 0 Å². The van der Waals surface area contributed by atoms with Crippen molar-refractivity contribution in [3.8, 4) is 0 Å². The van der Waals surface area contributed by atoms with Crippen LogP contribution in [0.25, 0.3) is 5.78 Å². The average Bonchev–Trinajstić information content (AvgIpc) is 2.64. The minimum atomic E-state index is -0.803. The predicted molar refractivity (Wildman–Crippen MR) is 56.2 cm³/mol. The van der Waals surface area contributed by atoms with Gasteiger partial charge in [-0.05, 0) is 25.8 Å². The van der Waals surface area contributed by atoms with E-state index in [-0.39, 0.29) is 6.42 Å². The number of carboxylic acids is 1. The average molecular weight is 220 g/mol. The van der Waals surface area contributed by atoms with Crippen LogP contribution in [0.3, 0.4) is 0 Å². The van der Waals surface area contributed by atoms with E-state index in [9.17, 15) is 4.79 Å². The molecule has 0 aliphatic carbocycles. The number of hydrogen-bond donors (Lipinski definition) is 1. The fourth-order valence-corrected chi connectivity index (χ4v) is 1.76. The van der Waals surface area contributed by atoms with Crippen LogP contribution in [0, 0.1) is 13.8 Å². The number of aromatic nitrogens is 4. The quantitative estimate of drug-likeness (QED) is 0.825. The van der Waals surface area contributed by atoms with Crippen molar-refractivity contribution in [2.24, 2.45) is 0 Å². The molecule has 2 aromatic heterocycles. The third-order valence-corrected chi connectivity index (χ3v) is 2.62. The number of rotatable bonds is 3. The van der Waals surface area contributed by atoms with Crippen molar-refractivity contribution in [1.29, 1.82) is 0 Å². The maximum atomic E-state index is 10.6. The van der Waals surface area contributed by atoms with Crippen molar-refractivity contribution in [3.05, 3.63) is 23.3 Å². The minimum absolute atomic E-state index is 0.108. The van der Waals surface area contributed by atoms with Crippen molar-refractivity contribution in [1.82, 2.24) is 19.6 Å². The van der Waals surface area contributed by atoms with E-state index in [1.54, 1.807) is 10.7 Å². The van der Waals surface area contributed by atoms with Crippen LogP contribution in [-0.2, 0) is 11.2 Å². The molecule has 0 unspecified atom stereocenters. The molecule has 0 bridgehead atoms.